The Labute approximate surface area is 118 Å². The molecule has 0 atom stereocenters. The van der Waals surface area contributed by atoms with Gasteiger partial charge in [-0.2, -0.15) is 5.10 Å². The summed E-state index contributed by atoms with van der Waals surface area (Å²) in [7, 11) is -0.582. The molecule has 2 aromatic rings. The monoisotopic (exact) mass is 298 g/mol. The third kappa shape index (κ3) is 3.02. The lowest BCUT2D eigenvalue weighted by atomic mass is 10.4. The zero-order valence-corrected chi connectivity index (χ0v) is 12.5. The number of sulfonamides is 1. The van der Waals surface area contributed by atoms with Crippen molar-refractivity contribution in [3.63, 3.8) is 0 Å². The van der Waals surface area contributed by atoms with Crippen molar-refractivity contribution in [1.82, 2.24) is 14.1 Å². The van der Waals surface area contributed by atoms with Gasteiger partial charge in [-0.25, -0.2) is 12.7 Å². The van der Waals surface area contributed by atoms with Crippen molar-refractivity contribution in [3.8, 4) is 0 Å². The number of hydrogen-bond acceptors (Lipinski definition) is 5. The van der Waals surface area contributed by atoms with Crippen molar-refractivity contribution < 1.29 is 12.8 Å². The minimum Gasteiger partial charge on any atom is -0.446 e. The first-order valence-electron chi connectivity index (χ1n) is 6.21. The fraction of sp³-hybridized carbons (Fsp3) is 0.417. The molecule has 1 N–H and O–H groups in total. The summed E-state index contributed by atoms with van der Waals surface area (Å²) in [4.78, 5) is 0. The highest BCUT2D eigenvalue weighted by Crippen LogP contribution is 2.17. The SMILES string of the molecule is CCn1cc(NCc2ccc(S(=O)(=O)N(C)C)o2)cn1. The largest absolute Gasteiger partial charge is 0.446 e. The van der Waals surface area contributed by atoms with Crippen LogP contribution in [0.1, 0.15) is 12.7 Å². The van der Waals surface area contributed by atoms with E-state index in [1.54, 1.807) is 16.9 Å². The molecule has 7 nitrogen and oxygen atoms in total. The van der Waals surface area contributed by atoms with Gasteiger partial charge in [0.25, 0.3) is 10.0 Å². The van der Waals surface area contributed by atoms with E-state index in [2.05, 4.69) is 10.4 Å². The summed E-state index contributed by atoms with van der Waals surface area (Å²) in [6.45, 7) is 3.20. The summed E-state index contributed by atoms with van der Waals surface area (Å²) in [5.74, 6) is 0.551. The molecule has 2 aromatic heterocycles. The Kier molecular flexibility index (Phi) is 4.15. The molecular weight excluding hydrogens is 280 g/mol. The number of aromatic nitrogens is 2. The van der Waals surface area contributed by atoms with Crippen LogP contribution in [0.4, 0.5) is 5.69 Å². The fourth-order valence-corrected chi connectivity index (χ4v) is 2.40. The minimum absolute atomic E-state index is 0.0523. The number of furan rings is 1. The van der Waals surface area contributed by atoms with Gasteiger partial charge in [0.15, 0.2) is 0 Å². The summed E-state index contributed by atoms with van der Waals surface area (Å²) in [5, 5.41) is 7.21. The van der Waals surface area contributed by atoms with Crippen LogP contribution in [-0.2, 0) is 23.1 Å². The molecule has 0 fully saturated rings. The van der Waals surface area contributed by atoms with Crippen LogP contribution in [0.25, 0.3) is 0 Å². The van der Waals surface area contributed by atoms with Gasteiger partial charge in [0.2, 0.25) is 5.09 Å². The van der Waals surface area contributed by atoms with E-state index in [1.165, 1.54) is 20.2 Å². The van der Waals surface area contributed by atoms with E-state index in [0.29, 0.717) is 12.3 Å². The van der Waals surface area contributed by atoms with Gasteiger partial charge in [-0.05, 0) is 19.1 Å². The fourth-order valence-electron chi connectivity index (χ4n) is 1.59. The molecule has 0 bridgehead atoms. The maximum Gasteiger partial charge on any atom is 0.275 e. The summed E-state index contributed by atoms with van der Waals surface area (Å²) in [5.41, 5.74) is 0.861. The Hall–Kier alpha value is -1.80. The number of rotatable bonds is 6. The summed E-state index contributed by atoms with van der Waals surface area (Å²) >= 11 is 0. The zero-order chi connectivity index (χ0) is 14.8. The Morgan fingerprint density at radius 2 is 2.15 bits per heavy atom. The Balaban J connectivity index is 2.03. The van der Waals surface area contributed by atoms with Gasteiger partial charge in [0, 0.05) is 26.8 Å². The average Bonchev–Trinajstić information content (AvgIpc) is 3.05. The standard InChI is InChI=1S/C12H18N4O3S/c1-4-16-9-10(7-14-16)13-8-11-5-6-12(19-11)20(17,18)15(2)3/h5-7,9,13H,4,8H2,1-3H3. The molecule has 8 heteroatoms. The Morgan fingerprint density at radius 3 is 2.75 bits per heavy atom. The van der Waals surface area contributed by atoms with Crippen molar-refractivity contribution >= 4 is 15.7 Å². The Morgan fingerprint density at radius 1 is 1.40 bits per heavy atom. The number of nitrogens with one attached hydrogen (secondary N) is 1. The van der Waals surface area contributed by atoms with Crippen molar-refractivity contribution in [2.45, 2.75) is 25.1 Å². The van der Waals surface area contributed by atoms with Gasteiger partial charge in [-0.15, -0.1) is 0 Å². The van der Waals surface area contributed by atoms with E-state index in [0.717, 1.165) is 16.5 Å². The average molecular weight is 298 g/mol. The van der Waals surface area contributed by atoms with E-state index >= 15 is 0 Å². The number of hydrogen-bond donors (Lipinski definition) is 1. The zero-order valence-electron chi connectivity index (χ0n) is 11.7. The number of nitrogens with zero attached hydrogens (tertiary/aromatic N) is 3. The number of anilines is 1. The van der Waals surface area contributed by atoms with E-state index in [4.69, 9.17) is 4.42 Å². The van der Waals surface area contributed by atoms with Crippen LogP contribution in [-0.4, -0.2) is 36.6 Å². The molecule has 0 radical (unpaired) electrons. The molecule has 0 aromatic carbocycles. The molecule has 0 amide bonds. The Bertz CT molecular complexity index is 672. The smallest absolute Gasteiger partial charge is 0.275 e. The van der Waals surface area contributed by atoms with Gasteiger partial charge >= 0.3 is 0 Å². The molecule has 0 saturated heterocycles. The summed E-state index contributed by atoms with van der Waals surface area (Å²) in [6, 6.07) is 3.11. The van der Waals surface area contributed by atoms with E-state index in [9.17, 15) is 8.42 Å². The van der Waals surface area contributed by atoms with Gasteiger partial charge in [-0.3, -0.25) is 4.68 Å². The van der Waals surface area contributed by atoms with E-state index in [-0.39, 0.29) is 5.09 Å². The molecule has 0 spiro atoms. The second-order valence-electron chi connectivity index (χ2n) is 4.45. The lowest BCUT2D eigenvalue weighted by Crippen LogP contribution is -2.21. The van der Waals surface area contributed by atoms with Crippen LogP contribution in [0.2, 0.25) is 0 Å². The van der Waals surface area contributed by atoms with Gasteiger partial charge in [0.1, 0.15) is 5.76 Å². The molecule has 110 valence electrons. The van der Waals surface area contributed by atoms with Gasteiger partial charge in [-0.1, -0.05) is 0 Å². The molecule has 2 heterocycles. The maximum atomic E-state index is 11.9. The molecule has 0 aliphatic carbocycles. The summed E-state index contributed by atoms with van der Waals surface area (Å²) in [6.07, 6.45) is 3.59. The molecule has 0 saturated carbocycles. The van der Waals surface area contributed by atoms with E-state index < -0.39 is 10.0 Å². The third-order valence-corrected chi connectivity index (χ3v) is 4.49. The third-order valence-electron chi connectivity index (χ3n) is 2.80. The van der Waals surface area contributed by atoms with Gasteiger partial charge < -0.3 is 9.73 Å². The molecule has 0 unspecified atom stereocenters. The van der Waals surface area contributed by atoms with E-state index in [1.807, 2.05) is 13.1 Å². The van der Waals surface area contributed by atoms with Crippen molar-refractivity contribution in [1.29, 1.82) is 0 Å². The summed E-state index contributed by atoms with van der Waals surface area (Å²) < 4.78 is 32.0. The van der Waals surface area contributed by atoms with Crippen LogP contribution in [0.3, 0.4) is 0 Å². The highest BCUT2D eigenvalue weighted by Gasteiger charge is 2.21. The predicted octanol–water partition coefficient (Wildman–Crippen LogP) is 1.36. The molecular formula is C12H18N4O3S. The molecule has 0 aliphatic heterocycles. The van der Waals surface area contributed by atoms with Crippen LogP contribution in [0.5, 0.6) is 0 Å². The van der Waals surface area contributed by atoms with Crippen LogP contribution in [0, 0.1) is 0 Å². The van der Waals surface area contributed by atoms with Gasteiger partial charge in [0.05, 0.1) is 18.4 Å². The molecule has 2 rings (SSSR count). The van der Waals surface area contributed by atoms with Crippen molar-refractivity contribution in [2.75, 3.05) is 19.4 Å². The molecule has 0 aliphatic rings. The minimum atomic E-state index is -3.52. The topological polar surface area (TPSA) is 80.4 Å². The van der Waals surface area contributed by atoms with Crippen LogP contribution >= 0.6 is 0 Å². The lowest BCUT2D eigenvalue weighted by Gasteiger charge is -2.07. The highest BCUT2D eigenvalue weighted by molar-refractivity contribution is 7.88. The van der Waals surface area contributed by atoms with Crippen LogP contribution in [0.15, 0.2) is 34.0 Å². The second kappa shape index (κ2) is 5.68. The number of aryl methyl sites for hydroxylation is 1. The van der Waals surface area contributed by atoms with Crippen LogP contribution < -0.4 is 5.32 Å². The maximum absolute atomic E-state index is 11.9. The lowest BCUT2D eigenvalue weighted by molar-refractivity contribution is 0.402. The first kappa shape index (κ1) is 14.6. The quantitative estimate of drug-likeness (QED) is 0.871. The first-order valence-corrected chi connectivity index (χ1v) is 7.65. The highest BCUT2D eigenvalue weighted by atomic mass is 32.2. The van der Waals surface area contributed by atoms with Crippen molar-refractivity contribution in [3.05, 3.63) is 30.3 Å². The van der Waals surface area contributed by atoms with Crippen molar-refractivity contribution in [2.24, 2.45) is 0 Å². The first-order chi connectivity index (χ1) is 9.43. The predicted molar refractivity (Wildman–Crippen MR) is 74.8 cm³/mol. The molecule has 20 heavy (non-hydrogen) atoms. The second-order valence-corrected chi connectivity index (χ2v) is 6.53. The normalized spacial score (nSPS) is 12.0.